The molecular weight excluding hydrogens is 254 g/mol. The quantitative estimate of drug-likeness (QED) is 0.847. The van der Waals surface area contributed by atoms with Crippen molar-refractivity contribution in [2.24, 2.45) is 5.73 Å². The number of rotatable bonds is 4. The first-order valence-electron chi connectivity index (χ1n) is 5.66. The molecule has 1 aliphatic carbocycles. The van der Waals surface area contributed by atoms with E-state index in [9.17, 15) is 4.79 Å². The molecule has 1 aromatic rings. The van der Waals surface area contributed by atoms with Crippen LogP contribution in [0.15, 0.2) is 11.7 Å². The van der Waals surface area contributed by atoms with Crippen LogP contribution in [0.5, 0.6) is 0 Å². The molecule has 4 nitrogen and oxygen atoms in total. The Balaban J connectivity index is 2.14. The monoisotopic (exact) mass is 269 g/mol. The zero-order chi connectivity index (χ0) is 12.3. The summed E-state index contributed by atoms with van der Waals surface area (Å²) in [5.41, 5.74) is 7.24. The van der Waals surface area contributed by atoms with Crippen molar-refractivity contribution in [3.8, 4) is 0 Å². The molecule has 92 valence electrons. The standard InChI is InChI=1S/C11H15N3OS2/c12-10(16)6-14(8-3-1-2-4-8)11(15)9-5-13-7-17-9/h5,7-8H,1-4,6H2,(H2,12,16). The first kappa shape index (κ1) is 12.4. The number of hydrogen-bond donors (Lipinski definition) is 1. The number of nitrogens with two attached hydrogens (primary N) is 1. The summed E-state index contributed by atoms with van der Waals surface area (Å²) >= 11 is 6.29. The molecule has 2 N–H and O–H groups in total. The summed E-state index contributed by atoms with van der Waals surface area (Å²) in [5.74, 6) is 0.00667. The fourth-order valence-corrected chi connectivity index (χ4v) is 2.93. The van der Waals surface area contributed by atoms with Crippen LogP contribution in [0, 0.1) is 0 Å². The molecule has 0 aliphatic heterocycles. The van der Waals surface area contributed by atoms with E-state index in [2.05, 4.69) is 4.98 Å². The van der Waals surface area contributed by atoms with Gasteiger partial charge >= 0.3 is 0 Å². The molecule has 17 heavy (non-hydrogen) atoms. The molecule has 0 bridgehead atoms. The summed E-state index contributed by atoms with van der Waals surface area (Å²) in [6, 6.07) is 0.283. The van der Waals surface area contributed by atoms with Crippen molar-refractivity contribution in [2.45, 2.75) is 31.7 Å². The van der Waals surface area contributed by atoms with Crippen molar-refractivity contribution in [1.82, 2.24) is 9.88 Å². The van der Waals surface area contributed by atoms with E-state index in [4.69, 9.17) is 18.0 Å². The number of aromatic nitrogens is 1. The van der Waals surface area contributed by atoms with Gasteiger partial charge in [-0.25, -0.2) is 0 Å². The van der Waals surface area contributed by atoms with E-state index in [1.807, 2.05) is 4.90 Å². The highest BCUT2D eigenvalue weighted by Crippen LogP contribution is 2.25. The maximum Gasteiger partial charge on any atom is 0.266 e. The number of hydrogen-bond acceptors (Lipinski definition) is 4. The van der Waals surface area contributed by atoms with Crippen LogP contribution >= 0.6 is 23.6 Å². The molecule has 1 heterocycles. The van der Waals surface area contributed by atoms with E-state index in [-0.39, 0.29) is 11.9 Å². The minimum atomic E-state index is 0.00667. The smallest absolute Gasteiger partial charge is 0.266 e. The number of nitrogens with zero attached hydrogens (tertiary/aromatic N) is 2. The van der Waals surface area contributed by atoms with E-state index < -0.39 is 0 Å². The van der Waals surface area contributed by atoms with Gasteiger partial charge in [-0.15, -0.1) is 11.3 Å². The van der Waals surface area contributed by atoms with Crippen molar-refractivity contribution in [3.63, 3.8) is 0 Å². The molecule has 0 saturated heterocycles. The highest BCUT2D eigenvalue weighted by molar-refractivity contribution is 7.80. The molecule has 1 fully saturated rings. The summed E-state index contributed by atoms with van der Waals surface area (Å²) in [6.45, 7) is 0.372. The Morgan fingerprint density at radius 1 is 1.59 bits per heavy atom. The van der Waals surface area contributed by atoms with Gasteiger partial charge in [-0.1, -0.05) is 25.1 Å². The molecule has 0 unspecified atom stereocenters. The second-order valence-corrected chi connectivity index (χ2v) is 5.61. The first-order valence-corrected chi connectivity index (χ1v) is 6.95. The van der Waals surface area contributed by atoms with Crippen molar-refractivity contribution < 1.29 is 4.79 Å². The second kappa shape index (κ2) is 5.55. The molecule has 0 aromatic carbocycles. The van der Waals surface area contributed by atoms with Gasteiger partial charge in [0.25, 0.3) is 5.91 Å². The summed E-state index contributed by atoms with van der Waals surface area (Å²) in [5, 5.41) is 0. The van der Waals surface area contributed by atoms with E-state index in [0.717, 1.165) is 12.8 Å². The van der Waals surface area contributed by atoms with Crippen LogP contribution in [0.25, 0.3) is 0 Å². The molecule has 1 aliphatic rings. The third kappa shape index (κ3) is 3.01. The lowest BCUT2D eigenvalue weighted by molar-refractivity contribution is 0.0719. The lowest BCUT2D eigenvalue weighted by atomic mass is 10.2. The van der Waals surface area contributed by atoms with Crippen LogP contribution in [0.1, 0.15) is 35.4 Å². The molecule has 0 spiro atoms. The fourth-order valence-electron chi connectivity index (χ4n) is 2.21. The number of thiocarbonyl (C=S) groups is 1. The van der Waals surface area contributed by atoms with E-state index in [1.54, 1.807) is 11.7 Å². The number of thiazole rings is 1. The minimum absolute atomic E-state index is 0.00667. The van der Waals surface area contributed by atoms with Gasteiger partial charge in [0.1, 0.15) is 4.88 Å². The van der Waals surface area contributed by atoms with Crippen molar-refractivity contribution >= 4 is 34.5 Å². The molecule has 0 atom stereocenters. The van der Waals surface area contributed by atoms with Crippen LogP contribution in [-0.2, 0) is 0 Å². The lowest BCUT2D eigenvalue weighted by Crippen LogP contribution is -2.43. The predicted molar refractivity (Wildman–Crippen MR) is 72.2 cm³/mol. The maximum atomic E-state index is 12.3. The highest BCUT2D eigenvalue weighted by Gasteiger charge is 2.28. The summed E-state index contributed by atoms with van der Waals surface area (Å²) < 4.78 is 0. The van der Waals surface area contributed by atoms with Crippen LogP contribution in [0.3, 0.4) is 0 Å². The Morgan fingerprint density at radius 2 is 2.29 bits per heavy atom. The average molecular weight is 269 g/mol. The number of carbonyl (C=O) groups is 1. The maximum absolute atomic E-state index is 12.3. The largest absolute Gasteiger partial charge is 0.392 e. The van der Waals surface area contributed by atoms with Gasteiger partial charge in [-0.3, -0.25) is 9.78 Å². The van der Waals surface area contributed by atoms with Crippen LogP contribution in [0.4, 0.5) is 0 Å². The molecule has 1 amide bonds. The Morgan fingerprint density at radius 3 is 2.82 bits per heavy atom. The topological polar surface area (TPSA) is 59.2 Å². The van der Waals surface area contributed by atoms with Gasteiger partial charge in [0.15, 0.2) is 0 Å². The average Bonchev–Trinajstić information content (AvgIpc) is 2.96. The van der Waals surface area contributed by atoms with Gasteiger partial charge in [-0.05, 0) is 12.8 Å². The number of amides is 1. The van der Waals surface area contributed by atoms with E-state index in [1.165, 1.54) is 24.2 Å². The predicted octanol–water partition coefficient (Wildman–Crippen LogP) is 1.81. The fraction of sp³-hybridized carbons (Fsp3) is 0.545. The lowest BCUT2D eigenvalue weighted by Gasteiger charge is -2.27. The van der Waals surface area contributed by atoms with Gasteiger partial charge in [0.2, 0.25) is 0 Å². The molecule has 6 heteroatoms. The second-order valence-electron chi connectivity index (χ2n) is 4.20. The van der Waals surface area contributed by atoms with Crippen LogP contribution < -0.4 is 5.73 Å². The first-order chi connectivity index (χ1) is 8.18. The Bertz CT molecular complexity index is 399. The van der Waals surface area contributed by atoms with Gasteiger partial charge in [0, 0.05) is 6.04 Å². The van der Waals surface area contributed by atoms with Crippen LogP contribution in [-0.4, -0.2) is 33.4 Å². The SMILES string of the molecule is NC(=S)CN(C(=O)c1cncs1)C1CCCC1. The Hall–Kier alpha value is -1.01. The Kier molecular flexibility index (Phi) is 4.06. The summed E-state index contributed by atoms with van der Waals surface area (Å²) in [7, 11) is 0. The van der Waals surface area contributed by atoms with Crippen molar-refractivity contribution in [2.75, 3.05) is 6.54 Å². The third-order valence-corrected chi connectivity index (χ3v) is 3.89. The number of carbonyl (C=O) groups excluding carboxylic acids is 1. The van der Waals surface area contributed by atoms with Gasteiger partial charge < -0.3 is 10.6 Å². The van der Waals surface area contributed by atoms with Crippen LogP contribution in [0.2, 0.25) is 0 Å². The third-order valence-electron chi connectivity index (χ3n) is 3.00. The zero-order valence-electron chi connectivity index (χ0n) is 9.46. The van der Waals surface area contributed by atoms with Gasteiger partial charge in [0.05, 0.1) is 23.2 Å². The van der Waals surface area contributed by atoms with E-state index in [0.29, 0.717) is 16.4 Å². The molecule has 2 rings (SSSR count). The van der Waals surface area contributed by atoms with Crippen molar-refractivity contribution in [1.29, 1.82) is 0 Å². The molecule has 1 aromatic heterocycles. The molecular formula is C11H15N3OS2. The molecule has 0 radical (unpaired) electrons. The van der Waals surface area contributed by atoms with Gasteiger partial charge in [-0.2, -0.15) is 0 Å². The zero-order valence-corrected chi connectivity index (χ0v) is 11.1. The summed E-state index contributed by atoms with van der Waals surface area (Å²) in [6.07, 6.45) is 6.05. The minimum Gasteiger partial charge on any atom is -0.392 e. The summed E-state index contributed by atoms with van der Waals surface area (Å²) in [4.78, 5) is 19.1. The molecule has 1 saturated carbocycles. The van der Waals surface area contributed by atoms with E-state index >= 15 is 0 Å². The van der Waals surface area contributed by atoms with Crippen molar-refractivity contribution in [3.05, 3.63) is 16.6 Å². The highest BCUT2D eigenvalue weighted by atomic mass is 32.1. The normalized spacial score (nSPS) is 16.0. The Labute approximate surface area is 110 Å².